The summed E-state index contributed by atoms with van der Waals surface area (Å²) < 4.78 is 13.8. The van der Waals surface area contributed by atoms with Crippen LogP contribution in [0.25, 0.3) is 0 Å². The third-order valence-corrected chi connectivity index (χ3v) is 3.57. The number of hydrogen-bond acceptors (Lipinski definition) is 2. The van der Waals surface area contributed by atoms with Crippen LogP contribution in [0.5, 0.6) is 0 Å². The van der Waals surface area contributed by atoms with Crippen molar-refractivity contribution in [2.24, 2.45) is 5.84 Å². The fourth-order valence-corrected chi connectivity index (χ4v) is 2.67. The molecule has 2 aromatic carbocycles. The SMILES string of the molecule is NNC(c1ccc(F)cc1)c1ccc(Cl)cc1Br. The lowest BCUT2D eigenvalue weighted by Crippen LogP contribution is -2.29. The zero-order valence-electron chi connectivity index (χ0n) is 9.33. The Labute approximate surface area is 118 Å². The van der Waals surface area contributed by atoms with E-state index in [2.05, 4.69) is 21.4 Å². The van der Waals surface area contributed by atoms with Crippen molar-refractivity contribution in [2.45, 2.75) is 6.04 Å². The first-order chi connectivity index (χ1) is 8.61. The Morgan fingerprint density at radius 3 is 2.39 bits per heavy atom. The van der Waals surface area contributed by atoms with E-state index in [1.165, 1.54) is 12.1 Å². The minimum atomic E-state index is -0.273. The Morgan fingerprint density at radius 2 is 1.83 bits per heavy atom. The van der Waals surface area contributed by atoms with E-state index in [-0.39, 0.29) is 11.9 Å². The third-order valence-electron chi connectivity index (χ3n) is 2.64. The molecule has 0 heterocycles. The normalized spacial score (nSPS) is 12.4. The molecule has 0 saturated heterocycles. The summed E-state index contributed by atoms with van der Waals surface area (Å²) in [5, 5.41) is 0.639. The molecule has 0 radical (unpaired) electrons. The van der Waals surface area contributed by atoms with Crippen LogP contribution in [0.2, 0.25) is 5.02 Å². The van der Waals surface area contributed by atoms with Crippen LogP contribution in [0.3, 0.4) is 0 Å². The Hall–Kier alpha value is -0.940. The zero-order chi connectivity index (χ0) is 13.1. The maximum atomic E-state index is 12.9. The minimum absolute atomic E-state index is 0.225. The summed E-state index contributed by atoms with van der Waals surface area (Å²) in [6.07, 6.45) is 0. The fourth-order valence-electron chi connectivity index (χ4n) is 1.76. The minimum Gasteiger partial charge on any atom is -0.271 e. The maximum absolute atomic E-state index is 12.9. The standard InChI is InChI=1S/C13H11BrClFN2/c14-12-7-9(15)3-6-11(12)13(18-17)8-1-4-10(16)5-2-8/h1-7,13,18H,17H2. The topological polar surface area (TPSA) is 38.0 Å². The van der Waals surface area contributed by atoms with E-state index in [0.717, 1.165) is 15.6 Å². The van der Waals surface area contributed by atoms with Gasteiger partial charge in [-0.3, -0.25) is 5.84 Å². The maximum Gasteiger partial charge on any atom is 0.123 e. The van der Waals surface area contributed by atoms with Gasteiger partial charge in [0.1, 0.15) is 5.82 Å². The summed E-state index contributed by atoms with van der Waals surface area (Å²) in [4.78, 5) is 0. The van der Waals surface area contributed by atoms with Gasteiger partial charge in [-0.05, 0) is 35.4 Å². The summed E-state index contributed by atoms with van der Waals surface area (Å²) in [6, 6.07) is 11.4. The van der Waals surface area contributed by atoms with E-state index in [4.69, 9.17) is 17.4 Å². The molecule has 0 fully saturated rings. The van der Waals surface area contributed by atoms with Gasteiger partial charge in [0.25, 0.3) is 0 Å². The number of rotatable bonds is 3. The molecular formula is C13H11BrClFN2. The van der Waals surface area contributed by atoms with Crippen LogP contribution in [0, 0.1) is 5.82 Å². The molecule has 3 N–H and O–H groups in total. The van der Waals surface area contributed by atoms with Crippen molar-refractivity contribution in [1.29, 1.82) is 0 Å². The number of halogens is 3. The van der Waals surface area contributed by atoms with E-state index in [0.29, 0.717) is 5.02 Å². The molecule has 1 atom stereocenters. The number of nitrogens with one attached hydrogen (secondary N) is 1. The predicted molar refractivity (Wildman–Crippen MR) is 74.7 cm³/mol. The van der Waals surface area contributed by atoms with E-state index >= 15 is 0 Å². The average molecular weight is 330 g/mol. The van der Waals surface area contributed by atoms with Crippen molar-refractivity contribution in [3.05, 3.63) is 68.9 Å². The van der Waals surface area contributed by atoms with Crippen LogP contribution in [-0.2, 0) is 0 Å². The number of benzene rings is 2. The summed E-state index contributed by atoms with van der Waals surface area (Å²) in [6.45, 7) is 0. The smallest absolute Gasteiger partial charge is 0.123 e. The Morgan fingerprint density at radius 1 is 1.17 bits per heavy atom. The average Bonchev–Trinajstić information content (AvgIpc) is 2.35. The van der Waals surface area contributed by atoms with Gasteiger partial charge in [-0.15, -0.1) is 0 Å². The molecule has 0 saturated carbocycles. The van der Waals surface area contributed by atoms with Crippen molar-refractivity contribution in [2.75, 3.05) is 0 Å². The van der Waals surface area contributed by atoms with E-state index < -0.39 is 0 Å². The summed E-state index contributed by atoms with van der Waals surface area (Å²) >= 11 is 9.35. The highest BCUT2D eigenvalue weighted by molar-refractivity contribution is 9.10. The van der Waals surface area contributed by atoms with Gasteiger partial charge in [0.15, 0.2) is 0 Å². The molecule has 18 heavy (non-hydrogen) atoms. The molecule has 1 unspecified atom stereocenters. The Kier molecular flexibility index (Phi) is 4.35. The summed E-state index contributed by atoms with van der Waals surface area (Å²) in [5.74, 6) is 5.31. The number of nitrogens with two attached hydrogens (primary N) is 1. The highest BCUT2D eigenvalue weighted by Gasteiger charge is 2.15. The highest BCUT2D eigenvalue weighted by atomic mass is 79.9. The fraction of sp³-hybridized carbons (Fsp3) is 0.0769. The molecule has 94 valence electrons. The molecule has 0 bridgehead atoms. The molecule has 0 aromatic heterocycles. The zero-order valence-corrected chi connectivity index (χ0v) is 11.7. The molecule has 0 spiro atoms. The van der Waals surface area contributed by atoms with Gasteiger partial charge >= 0.3 is 0 Å². The van der Waals surface area contributed by atoms with Gasteiger partial charge in [0.05, 0.1) is 6.04 Å². The van der Waals surface area contributed by atoms with Crippen LogP contribution < -0.4 is 11.3 Å². The first kappa shape index (κ1) is 13.5. The summed E-state index contributed by atoms with van der Waals surface area (Å²) in [7, 11) is 0. The predicted octanol–water partition coefficient (Wildman–Crippen LogP) is 3.79. The second-order valence-corrected chi connectivity index (χ2v) is 5.11. The second-order valence-electron chi connectivity index (χ2n) is 3.82. The lowest BCUT2D eigenvalue weighted by molar-refractivity contribution is 0.614. The molecule has 0 aliphatic carbocycles. The molecule has 2 nitrogen and oxygen atoms in total. The van der Waals surface area contributed by atoms with E-state index in [1.54, 1.807) is 24.3 Å². The van der Waals surface area contributed by atoms with Gasteiger partial charge in [-0.2, -0.15) is 0 Å². The van der Waals surface area contributed by atoms with Crippen molar-refractivity contribution >= 4 is 27.5 Å². The molecule has 0 aliphatic heterocycles. The monoisotopic (exact) mass is 328 g/mol. The van der Waals surface area contributed by atoms with Crippen molar-refractivity contribution in [1.82, 2.24) is 5.43 Å². The van der Waals surface area contributed by atoms with Crippen LogP contribution in [-0.4, -0.2) is 0 Å². The molecule has 0 amide bonds. The van der Waals surface area contributed by atoms with Gasteiger partial charge in [0, 0.05) is 9.50 Å². The first-order valence-corrected chi connectivity index (χ1v) is 6.45. The van der Waals surface area contributed by atoms with Gasteiger partial charge in [0.2, 0.25) is 0 Å². The van der Waals surface area contributed by atoms with Crippen molar-refractivity contribution in [3.8, 4) is 0 Å². The third kappa shape index (κ3) is 2.90. The Bertz CT molecular complexity index is 545. The second kappa shape index (κ2) is 5.80. The van der Waals surface area contributed by atoms with Crippen molar-refractivity contribution < 1.29 is 4.39 Å². The highest BCUT2D eigenvalue weighted by Crippen LogP contribution is 2.30. The van der Waals surface area contributed by atoms with Crippen molar-refractivity contribution in [3.63, 3.8) is 0 Å². The number of hydrogen-bond donors (Lipinski definition) is 2. The van der Waals surface area contributed by atoms with Gasteiger partial charge in [-0.1, -0.05) is 45.7 Å². The Balaban J connectivity index is 2.41. The first-order valence-electron chi connectivity index (χ1n) is 5.28. The van der Waals surface area contributed by atoms with Crippen LogP contribution in [0.15, 0.2) is 46.9 Å². The van der Waals surface area contributed by atoms with E-state index in [9.17, 15) is 4.39 Å². The quantitative estimate of drug-likeness (QED) is 0.664. The van der Waals surface area contributed by atoms with E-state index in [1.807, 2.05) is 6.07 Å². The van der Waals surface area contributed by atoms with Crippen LogP contribution in [0.1, 0.15) is 17.2 Å². The van der Waals surface area contributed by atoms with Gasteiger partial charge in [-0.25, -0.2) is 9.82 Å². The van der Waals surface area contributed by atoms with Crippen LogP contribution in [0.4, 0.5) is 4.39 Å². The largest absolute Gasteiger partial charge is 0.271 e. The molecule has 2 aromatic rings. The lowest BCUT2D eigenvalue weighted by Gasteiger charge is -2.18. The summed E-state index contributed by atoms with van der Waals surface area (Å²) in [5.41, 5.74) is 4.53. The molecule has 0 aliphatic rings. The molecule has 2 rings (SSSR count). The lowest BCUT2D eigenvalue weighted by atomic mass is 9.99. The number of hydrazine groups is 1. The van der Waals surface area contributed by atoms with Gasteiger partial charge < -0.3 is 0 Å². The van der Waals surface area contributed by atoms with Crippen LogP contribution >= 0.6 is 27.5 Å². The molecule has 5 heteroatoms. The molecular weight excluding hydrogens is 319 g/mol.